The van der Waals surface area contributed by atoms with Gasteiger partial charge in [0.2, 0.25) is 0 Å². The van der Waals surface area contributed by atoms with Gasteiger partial charge in [-0.3, -0.25) is 0 Å². The van der Waals surface area contributed by atoms with Crippen molar-refractivity contribution in [3.8, 4) is 17.2 Å². The number of allylic oxidation sites excluding steroid dienone is 1. The van der Waals surface area contributed by atoms with E-state index in [2.05, 4.69) is 0 Å². The summed E-state index contributed by atoms with van der Waals surface area (Å²) in [4.78, 5) is 1.08. The van der Waals surface area contributed by atoms with Gasteiger partial charge in [0, 0.05) is 44.0 Å². The Bertz CT molecular complexity index is 1720. The van der Waals surface area contributed by atoms with Gasteiger partial charge >= 0.3 is 0 Å². The van der Waals surface area contributed by atoms with Crippen molar-refractivity contribution < 1.29 is 34.1 Å². The minimum atomic E-state index is -3.20. The van der Waals surface area contributed by atoms with E-state index in [0.717, 1.165) is 11.0 Å². The molecule has 2 heterocycles. The quantitative estimate of drug-likeness (QED) is 0.475. The molecular weight excluding hydrogens is 410 g/mol. The van der Waals surface area contributed by atoms with E-state index < -0.39 is 50.5 Å². The number of rotatable bonds is 6. The number of phenolic OH excluding ortho intramolecular Hbond substituents is 2. The molecule has 3 aromatic carbocycles. The van der Waals surface area contributed by atoms with Crippen molar-refractivity contribution in [3.63, 3.8) is 0 Å². The number of phenols is 2. The van der Waals surface area contributed by atoms with Crippen molar-refractivity contribution in [2.75, 3.05) is 19.6 Å². The number of nitrogens with zero attached hydrogens (tertiary/aromatic N) is 1. The Balaban J connectivity index is 1.54. The SMILES string of the molecule is [2H]c1cc(C2Oc3c([2H])c(O)cc([2H])c3C(C([2H])([2H])[2H])=C2c2ccc(O)cc2)cc([2H])c1CC1CN(C([2H])([2H])C([2H])([2H])C([2H])([2H])[2H])C1. The first kappa shape index (κ1) is 10.8. The van der Waals surface area contributed by atoms with Crippen LogP contribution in [0.3, 0.4) is 0 Å². The molecule has 1 atom stereocenters. The average molecular weight is 456 g/mol. The summed E-state index contributed by atoms with van der Waals surface area (Å²) in [5.41, 5.74) is 0.266. The van der Waals surface area contributed by atoms with Crippen LogP contribution >= 0.6 is 0 Å². The third-order valence-corrected chi connectivity index (χ3v) is 5.81. The van der Waals surface area contributed by atoms with Crippen LogP contribution in [-0.4, -0.2) is 34.7 Å². The summed E-state index contributed by atoms with van der Waals surface area (Å²) in [6.45, 7) is -8.86. The molecule has 0 aliphatic carbocycles. The maximum atomic E-state index is 10.3. The highest BCUT2D eigenvalue weighted by Gasteiger charge is 2.30. The number of likely N-dealkylation sites (tertiary alicyclic amines) is 1. The number of hydrogen-bond donors (Lipinski definition) is 2. The highest BCUT2D eigenvalue weighted by molar-refractivity contribution is 5.95. The van der Waals surface area contributed by atoms with Crippen LogP contribution in [0.1, 0.15) is 67.6 Å². The summed E-state index contributed by atoms with van der Waals surface area (Å²) in [5.74, 6) is -1.36. The van der Waals surface area contributed by atoms with Crippen LogP contribution in [0, 0.1) is 5.92 Å². The van der Waals surface area contributed by atoms with E-state index >= 15 is 0 Å². The van der Waals surface area contributed by atoms with Crippen LogP contribution < -0.4 is 4.74 Å². The van der Waals surface area contributed by atoms with Gasteiger partial charge in [0.05, 0.1) is 5.48 Å². The Morgan fingerprint density at radius 3 is 2.58 bits per heavy atom. The molecule has 0 amide bonds. The molecule has 1 saturated heterocycles. The van der Waals surface area contributed by atoms with Crippen LogP contribution in [0.4, 0.5) is 0 Å². The molecule has 2 aliphatic rings. The van der Waals surface area contributed by atoms with Crippen molar-refractivity contribution in [2.24, 2.45) is 5.92 Å². The Kier molecular flexibility index (Phi) is 2.93. The van der Waals surface area contributed by atoms with Gasteiger partial charge in [0.1, 0.15) is 23.4 Å². The lowest BCUT2D eigenvalue weighted by Gasteiger charge is -2.39. The monoisotopic (exact) mass is 455 g/mol. The molecule has 1 fully saturated rings. The van der Waals surface area contributed by atoms with Gasteiger partial charge in [-0.05, 0) is 78.6 Å². The number of aromatic hydroxyl groups is 2. The smallest absolute Gasteiger partial charge is 0.150 e. The predicted octanol–water partition coefficient (Wildman–Crippen LogP) is 6.05. The van der Waals surface area contributed by atoms with Gasteiger partial charge in [-0.25, -0.2) is 0 Å². The van der Waals surface area contributed by atoms with E-state index in [1.165, 1.54) is 36.4 Å². The Morgan fingerprint density at radius 2 is 1.85 bits per heavy atom. The molecule has 0 aromatic heterocycles. The summed E-state index contributed by atoms with van der Waals surface area (Å²) in [7, 11) is 0. The molecule has 2 aliphatic heterocycles. The van der Waals surface area contributed by atoms with Gasteiger partial charge in [-0.2, -0.15) is 0 Å². The van der Waals surface area contributed by atoms with Crippen LogP contribution in [0.15, 0.2) is 66.6 Å². The maximum absolute atomic E-state index is 10.3. The molecule has 0 radical (unpaired) electrons. The van der Waals surface area contributed by atoms with Gasteiger partial charge < -0.3 is 19.8 Å². The topological polar surface area (TPSA) is 52.9 Å². The summed E-state index contributed by atoms with van der Waals surface area (Å²) in [5, 5.41) is 20.2. The van der Waals surface area contributed by atoms with E-state index in [-0.39, 0.29) is 76.8 Å². The van der Waals surface area contributed by atoms with Gasteiger partial charge in [0.15, 0.2) is 0 Å². The minimum absolute atomic E-state index is 0.00729. The molecule has 0 spiro atoms. The molecule has 1 unspecified atom stereocenters. The fourth-order valence-electron chi connectivity index (χ4n) is 4.16. The van der Waals surface area contributed by atoms with E-state index in [1.54, 1.807) is 0 Å². The second-order valence-corrected chi connectivity index (χ2v) is 8.10. The lowest BCUT2D eigenvalue weighted by molar-refractivity contribution is 0.101. The van der Waals surface area contributed by atoms with Crippen molar-refractivity contribution in [1.82, 2.24) is 4.90 Å². The first-order valence-corrected chi connectivity index (χ1v) is 10.5. The zero-order valence-corrected chi connectivity index (χ0v) is 17.6. The van der Waals surface area contributed by atoms with Gasteiger partial charge in [0.25, 0.3) is 0 Å². The van der Waals surface area contributed by atoms with E-state index in [0.29, 0.717) is 5.56 Å². The number of ether oxygens (including phenoxy) is 1. The predicted molar refractivity (Wildman–Crippen MR) is 132 cm³/mol. The van der Waals surface area contributed by atoms with Crippen molar-refractivity contribution in [1.29, 1.82) is 0 Å². The second kappa shape index (κ2) is 8.95. The highest BCUT2D eigenvalue weighted by atomic mass is 16.5. The van der Waals surface area contributed by atoms with Crippen LogP contribution in [0.25, 0.3) is 11.1 Å². The van der Waals surface area contributed by atoms with Crippen molar-refractivity contribution >= 4 is 11.1 Å². The van der Waals surface area contributed by atoms with Crippen molar-refractivity contribution in [3.05, 3.63) is 88.9 Å². The first-order chi connectivity index (χ1) is 21.6. The van der Waals surface area contributed by atoms with E-state index in [4.69, 9.17) is 23.9 Å². The Hall–Kier alpha value is -3.24. The fourth-order valence-corrected chi connectivity index (χ4v) is 4.16. The van der Waals surface area contributed by atoms with Crippen molar-refractivity contribution in [2.45, 2.75) is 32.6 Å². The lowest BCUT2D eigenvalue weighted by Crippen LogP contribution is -2.47. The average Bonchev–Trinajstić information content (AvgIpc) is 2.92. The molecule has 33 heavy (non-hydrogen) atoms. The molecule has 2 N–H and O–H groups in total. The Labute approximate surface area is 215 Å². The van der Waals surface area contributed by atoms with Crippen LogP contribution in [0.5, 0.6) is 17.2 Å². The minimum Gasteiger partial charge on any atom is -0.508 e. The lowest BCUT2D eigenvalue weighted by atomic mass is 9.85. The standard InChI is InChI=1S/C29H31NO3/c1-3-14-30-17-21(18-30)15-20-4-6-23(7-5-20)29-28(22-8-10-24(31)11-9-22)19(2)26-13-12-25(32)16-27(26)33-29/h4-13,16,21,29,31-32H,3,14-15,17-18H2,1-2H3/i1D3,2D3,3D2,4D,5D,13D,14D2,16D. The molecule has 170 valence electrons. The van der Waals surface area contributed by atoms with Gasteiger partial charge in [-0.1, -0.05) is 43.2 Å². The molecule has 0 saturated carbocycles. The first-order valence-electron chi connectivity index (χ1n) is 17.5. The molecular formula is C29H31NO3. The summed E-state index contributed by atoms with van der Waals surface area (Å²) in [6, 6.07) is 8.11. The zero-order chi connectivity index (χ0) is 35.0. The molecule has 4 nitrogen and oxygen atoms in total. The zero-order valence-electron chi connectivity index (χ0n) is 31.6. The molecule has 3 aromatic rings. The molecule has 4 heteroatoms. The molecule has 5 rings (SSSR count). The third-order valence-electron chi connectivity index (χ3n) is 5.81. The highest BCUT2D eigenvalue weighted by Crippen LogP contribution is 2.47. The van der Waals surface area contributed by atoms with Crippen LogP contribution in [-0.2, 0) is 6.42 Å². The third kappa shape index (κ3) is 4.36. The summed E-state index contributed by atoms with van der Waals surface area (Å²) >= 11 is 0. The number of benzene rings is 3. The number of fused-ring (bicyclic) bond motifs is 1. The summed E-state index contributed by atoms with van der Waals surface area (Å²) < 4.78 is 120. The van der Waals surface area contributed by atoms with E-state index in [1.807, 2.05) is 0 Å². The second-order valence-electron chi connectivity index (χ2n) is 8.10. The largest absolute Gasteiger partial charge is 0.508 e. The van der Waals surface area contributed by atoms with E-state index in [9.17, 15) is 10.2 Å². The fraction of sp³-hybridized carbons (Fsp3) is 0.310. The maximum Gasteiger partial charge on any atom is 0.150 e. The summed E-state index contributed by atoms with van der Waals surface area (Å²) in [6.07, 6.45) is -4.33. The van der Waals surface area contributed by atoms with Gasteiger partial charge in [-0.15, -0.1) is 0 Å². The van der Waals surface area contributed by atoms with Crippen LogP contribution in [0.2, 0.25) is 0 Å². The Morgan fingerprint density at radius 1 is 1.06 bits per heavy atom. The normalized spacial score (nSPS) is 26.4. The number of hydrogen-bond acceptors (Lipinski definition) is 4. The molecule has 0 bridgehead atoms.